The second-order valence-corrected chi connectivity index (χ2v) is 9.94. The topological polar surface area (TPSA) is 92.3 Å². The van der Waals surface area contributed by atoms with Crippen LogP contribution in [-0.2, 0) is 9.84 Å². The molecule has 0 saturated carbocycles. The quantitative estimate of drug-likeness (QED) is 0.675. The minimum atomic E-state index is -2.95. The Morgan fingerprint density at radius 1 is 1.03 bits per heavy atom. The minimum Gasteiger partial charge on any atom is -0.355 e. The summed E-state index contributed by atoms with van der Waals surface area (Å²) in [6.45, 7) is 4.63. The van der Waals surface area contributed by atoms with Crippen LogP contribution in [0, 0.1) is 13.8 Å². The van der Waals surface area contributed by atoms with E-state index in [9.17, 15) is 13.2 Å². The molecular weight excluding hydrogens is 412 g/mol. The van der Waals surface area contributed by atoms with E-state index in [-0.39, 0.29) is 17.4 Å². The molecule has 1 aliphatic rings. The van der Waals surface area contributed by atoms with Crippen molar-refractivity contribution in [1.82, 2.24) is 9.97 Å². The highest BCUT2D eigenvalue weighted by molar-refractivity contribution is 7.91. The second-order valence-electron chi connectivity index (χ2n) is 7.64. The Morgan fingerprint density at radius 3 is 2.48 bits per heavy atom. The summed E-state index contributed by atoms with van der Waals surface area (Å²) in [5, 5.41) is 2.95. The van der Waals surface area contributed by atoms with Gasteiger partial charge in [-0.15, -0.1) is 0 Å². The van der Waals surface area contributed by atoms with E-state index < -0.39 is 9.84 Å². The first kappa shape index (κ1) is 21.0. The van der Waals surface area contributed by atoms with Crippen molar-refractivity contribution < 1.29 is 13.2 Å². The fraction of sp³-hybridized carbons (Fsp3) is 0.261. The number of nitrogens with one attached hydrogen (secondary N) is 1. The molecule has 4 rings (SSSR count). The zero-order valence-corrected chi connectivity index (χ0v) is 18.3. The minimum absolute atomic E-state index is 0.127. The summed E-state index contributed by atoms with van der Waals surface area (Å²) in [6.07, 6.45) is 1.74. The van der Waals surface area contributed by atoms with Crippen LogP contribution < -0.4 is 10.2 Å². The lowest BCUT2D eigenvalue weighted by Crippen LogP contribution is -2.40. The predicted molar refractivity (Wildman–Crippen MR) is 122 cm³/mol. The SMILES string of the molecule is Cc1ccc(NC(=O)c2ccc(N3CCS(=O)(=O)CC3)nc2C)cc1-c1ccccn1. The number of carbonyl (C=O) groups is 1. The molecule has 1 saturated heterocycles. The number of anilines is 2. The molecule has 0 atom stereocenters. The van der Waals surface area contributed by atoms with Crippen molar-refractivity contribution in [2.45, 2.75) is 13.8 Å². The van der Waals surface area contributed by atoms with Crippen LogP contribution >= 0.6 is 0 Å². The molecule has 160 valence electrons. The maximum atomic E-state index is 12.9. The van der Waals surface area contributed by atoms with E-state index in [1.54, 1.807) is 25.3 Å². The fourth-order valence-corrected chi connectivity index (χ4v) is 4.80. The largest absolute Gasteiger partial charge is 0.355 e. The van der Waals surface area contributed by atoms with Crippen molar-refractivity contribution in [3.63, 3.8) is 0 Å². The van der Waals surface area contributed by atoms with Gasteiger partial charge in [-0.3, -0.25) is 9.78 Å². The van der Waals surface area contributed by atoms with Gasteiger partial charge in [-0.2, -0.15) is 0 Å². The number of pyridine rings is 2. The van der Waals surface area contributed by atoms with E-state index >= 15 is 0 Å². The number of carbonyl (C=O) groups excluding carboxylic acids is 1. The zero-order valence-electron chi connectivity index (χ0n) is 17.5. The van der Waals surface area contributed by atoms with E-state index in [1.807, 2.05) is 48.2 Å². The number of benzene rings is 1. The number of hydrogen-bond acceptors (Lipinski definition) is 6. The lowest BCUT2D eigenvalue weighted by atomic mass is 10.0. The first-order valence-corrected chi connectivity index (χ1v) is 11.9. The Morgan fingerprint density at radius 2 is 1.81 bits per heavy atom. The highest BCUT2D eigenvalue weighted by atomic mass is 32.2. The van der Waals surface area contributed by atoms with Gasteiger partial charge < -0.3 is 10.2 Å². The van der Waals surface area contributed by atoms with Gasteiger partial charge in [-0.1, -0.05) is 12.1 Å². The Labute approximate surface area is 182 Å². The molecule has 1 aliphatic heterocycles. The molecule has 0 bridgehead atoms. The molecule has 0 aliphatic carbocycles. The summed E-state index contributed by atoms with van der Waals surface area (Å²) in [6, 6.07) is 15.0. The predicted octanol–water partition coefficient (Wildman–Crippen LogP) is 3.25. The molecule has 1 N–H and O–H groups in total. The number of hydrogen-bond donors (Lipinski definition) is 1. The Hall–Kier alpha value is -3.26. The molecule has 0 radical (unpaired) electrons. The van der Waals surface area contributed by atoms with Crippen molar-refractivity contribution in [2.75, 3.05) is 34.8 Å². The maximum absolute atomic E-state index is 12.9. The van der Waals surface area contributed by atoms with Gasteiger partial charge in [0.25, 0.3) is 5.91 Å². The van der Waals surface area contributed by atoms with Crippen LogP contribution in [0.2, 0.25) is 0 Å². The number of aromatic nitrogens is 2. The number of sulfone groups is 1. The number of aryl methyl sites for hydroxylation is 2. The molecule has 0 unspecified atom stereocenters. The van der Waals surface area contributed by atoms with E-state index in [0.29, 0.717) is 35.9 Å². The summed E-state index contributed by atoms with van der Waals surface area (Å²) >= 11 is 0. The summed E-state index contributed by atoms with van der Waals surface area (Å²) in [5.74, 6) is 0.703. The molecule has 2 aromatic heterocycles. The monoisotopic (exact) mass is 436 g/mol. The van der Waals surface area contributed by atoms with Gasteiger partial charge in [0.1, 0.15) is 5.82 Å². The maximum Gasteiger partial charge on any atom is 0.257 e. The van der Waals surface area contributed by atoms with E-state index in [2.05, 4.69) is 15.3 Å². The van der Waals surface area contributed by atoms with Gasteiger partial charge in [-0.25, -0.2) is 13.4 Å². The molecule has 7 nitrogen and oxygen atoms in total. The van der Waals surface area contributed by atoms with Crippen molar-refractivity contribution in [1.29, 1.82) is 0 Å². The van der Waals surface area contributed by atoms with Crippen molar-refractivity contribution in [2.24, 2.45) is 0 Å². The first-order chi connectivity index (χ1) is 14.8. The first-order valence-electron chi connectivity index (χ1n) is 10.1. The lowest BCUT2D eigenvalue weighted by molar-refractivity contribution is 0.102. The number of rotatable bonds is 4. The average molecular weight is 437 g/mol. The summed E-state index contributed by atoms with van der Waals surface area (Å²) in [4.78, 5) is 23.8. The van der Waals surface area contributed by atoms with E-state index in [0.717, 1.165) is 16.8 Å². The van der Waals surface area contributed by atoms with Crippen molar-refractivity contribution in [3.8, 4) is 11.3 Å². The van der Waals surface area contributed by atoms with Crippen LogP contribution in [0.3, 0.4) is 0 Å². The number of amides is 1. The molecule has 8 heteroatoms. The summed E-state index contributed by atoms with van der Waals surface area (Å²) in [7, 11) is -2.95. The smallest absolute Gasteiger partial charge is 0.257 e. The van der Waals surface area contributed by atoms with E-state index in [4.69, 9.17) is 0 Å². The van der Waals surface area contributed by atoms with Gasteiger partial charge in [-0.05, 0) is 55.8 Å². The third-order valence-corrected chi connectivity index (χ3v) is 7.03. The van der Waals surface area contributed by atoms with Crippen LogP contribution in [0.1, 0.15) is 21.6 Å². The fourth-order valence-electron chi connectivity index (χ4n) is 3.60. The molecular formula is C23H24N4O3S. The van der Waals surface area contributed by atoms with Crippen molar-refractivity contribution in [3.05, 3.63) is 71.5 Å². The van der Waals surface area contributed by atoms with Gasteiger partial charge in [0.05, 0.1) is 28.5 Å². The molecule has 3 heterocycles. The van der Waals surface area contributed by atoms with Gasteiger partial charge >= 0.3 is 0 Å². The highest BCUT2D eigenvalue weighted by Gasteiger charge is 2.23. The Kier molecular flexibility index (Phi) is 5.73. The van der Waals surface area contributed by atoms with Gasteiger partial charge in [0.2, 0.25) is 0 Å². The Bertz CT molecular complexity index is 1210. The third-order valence-electron chi connectivity index (χ3n) is 5.42. The van der Waals surface area contributed by atoms with Crippen LogP contribution in [-0.4, -0.2) is 48.9 Å². The standard InChI is InChI=1S/C23H24N4O3S/c1-16-6-7-18(15-20(16)21-5-3-4-10-24-21)26-23(28)19-8-9-22(25-17(19)2)27-11-13-31(29,30)14-12-27/h3-10,15H,11-14H2,1-2H3,(H,26,28). The van der Waals surface area contributed by atoms with Crippen LogP contribution in [0.4, 0.5) is 11.5 Å². The zero-order chi connectivity index (χ0) is 22.0. The van der Waals surface area contributed by atoms with Crippen LogP contribution in [0.25, 0.3) is 11.3 Å². The molecule has 0 spiro atoms. The van der Waals surface area contributed by atoms with Gasteiger partial charge in [0, 0.05) is 30.5 Å². The molecule has 3 aromatic rings. The third kappa shape index (κ3) is 4.74. The van der Waals surface area contributed by atoms with Gasteiger partial charge in [0.15, 0.2) is 9.84 Å². The molecule has 1 amide bonds. The van der Waals surface area contributed by atoms with Crippen molar-refractivity contribution >= 4 is 27.2 Å². The summed E-state index contributed by atoms with van der Waals surface area (Å²) in [5.41, 5.74) is 4.64. The van der Waals surface area contributed by atoms with E-state index in [1.165, 1.54) is 0 Å². The van der Waals surface area contributed by atoms with Crippen LogP contribution in [0.5, 0.6) is 0 Å². The second kappa shape index (κ2) is 8.47. The molecule has 1 aromatic carbocycles. The molecule has 31 heavy (non-hydrogen) atoms. The highest BCUT2D eigenvalue weighted by Crippen LogP contribution is 2.25. The van der Waals surface area contributed by atoms with Crippen LogP contribution in [0.15, 0.2) is 54.7 Å². The summed E-state index contributed by atoms with van der Waals surface area (Å²) < 4.78 is 23.3. The number of nitrogens with zero attached hydrogens (tertiary/aromatic N) is 3. The average Bonchev–Trinajstić information content (AvgIpc) is 2.75. The normalized spacial score (nSPS) is 15.5. The Balaban J connectivity index is 1.52. The lowest BCUT2D eigenvalue weighted by Gasteiger charge is -2.28. The molecule has 1 fully saturated rings.